The van der Waals surface area contributed by atoms with Gasteiger partial charge < -0.3 is 15.2 Å². The number of carbonyl (C=O) groups excluding carboxylic acids is 1. The van der Waals surface area contributed by atoms with Gasteiger partial charge in [0.05, 0.1) is 11.4 Å². The number of carboxylic acids is 1. The molecule has 0 unspecified atom stereocenters. The maximum Gasteiger partial charge on any atom is 0.331 e. The molecule has 8 heteroatoms. The molecule has 42 heavy (non-hydrogen) atoms. The summed E-state index contributed by atoms with van der Waals surface area (Å²) in [5, 5.41) is 17.5. The largest absolute Gasteiger partial charge is 0.489 e. The van der Waals surface area contributed by atoms with Gasteiger partial charge in [0.2, 0.25) is 0 Å². The second-order valence-corrected chi connectivity index (χ2v) is 11.1. The Morgan fingerprint density at radius 1 is 1.02 bits per heavy atom. The lowest BCUT2D eigenvalue weighted by Gasteiger charge is -2.22. The van der Waals surface area contributed by atoms with Crippen LogP contribution in [0.2, 0.25) is 5.02 Å². The van der Waals surface area contributed by atoms with Crippen LogP contribution in [0.25, 0.3) is 22.9 Å². The van der Waals surface area contributed by atoms with Crippen LogP contribution in [0.15, 0.2) is 78.4 Å². The first-order valence-corrected chi connectivity index (χ1v) is 14.6. The van der Waals surface area contributed by atoms with Crippen molar-refractivity contribution in [1.29, 1.82) is 0 Å². The van der Waals surface area contributed by atoms with E-state index in [-0.39, 0.29) is 18.1 Å². The van der Waals surface area contributed by atoms with Gasteiger partial charge in [-0.15, -0.1) is 0 Å². The van der Waals surface area contributed by atoms with Crippen LogP contribution < -0.4 is 10.1 Å². The minimum Gasteiger partial charge on any atom is -0.489 e. The lowest BCUT2D eigenvalue weighted by molar-refractivity contribution is -0.132. The number of nitrogens with zero attached hydrogens (tertiary/aromatic N) is 2. The van der Waals surface area contributed by atoms with Gasteiger partial charge in [-0.2, -0.15) is 5.10 Å². The molecule has 3 aromatic carbocycles. The summed E-state index contributed by atoms with van der Waals surface area (Å²) in [4.78, 5) is 23.7. The van der Waals surface area contributed by atoms with E-state index in [0.29, 0.717) is 27.9 Å². The number of halogens is 1. The number of aliphatic carboxylic acids is 1. The van der Waals surface area contributed by atoms with E-state index in [1.807, 2.05) is 71.4 Å². The SMILES string of the molecule is CNC(=O)c1ccc(-c2ccc(Cl)cc2)c(COc2ccc(-n3nc(/C=C(\C)C(=O)O)cc3C3CCCCC3)cc2)c1. The number of carbonyl (C=O) groups is 2. The highest BCUT2D eigenvalue weighted by atomic mass is 35.5. The molecule has 1 fully saturated rings. The highest BCUT2D eigenvalue weighted by Crippen LogP contribution is 2.35. The van der Waals surface area contributed by atoms with Crippen molar-refractivity contribution in [1.82, 2.24) is 15.1 Å². The third kappa shape index (κ3) is 6.74. The van der Waals surface area contributed by atoms with Crippen LogP contribution in [0, 0.1) is 0 Å². The van der Waals surface area contributed by atoms with E-state index in [9.17, 15) is 14.7 Å². The van der Waals surface area contributed by atoms with Crippen molar-refractivity contribution in [2.24, 2.45) is 0 Å². The fourth-order valence-electron chi connectivity index (χ4n) is 5.42. The van der Waals surface area contributed by atoms with Crippen LogP contribution in [0.1, 0.15) is 72.3 Å². The monoisotopic (exact) mass is 583 g/mol. The van der Waals surface area contributed by atoms with E-state index in [0.717, 1.165) is 40.9 Å². The molecule has 0 radical (unpaired) electrons. The minimum atomic E-state index is -0.953. The molecule has 0 aliphatic heterocycles. The number of hydrogen-bond acceptors (Lipinski definition) is 4. The Kier molecular flexibility index (Phi) is 9.08. The molecule has 1 aliphatic rings. The maximum atomic E-state index is 12.3. The van der Waals surface area contributed by atoms with E-state index in [1.54, 1.807) is 26.1 Å². The van der Waals surface area contributed by atoms with Gasteiger partial charge in [-0.05, 0) is 97.1 Å². The van der Waals surface area contributed by atoms with Gasteiger partial charge in [0.15, 0.2) is 0 Å². The van der Waals surface area contributed by atoms with Crippen molar-refractivity contribution in [2.75, 3.05) is 7.05 Å². The molecule has 7 nitrogen and oxygen atoms in total. The third-order valence-electron chi connectivity index (χ3n) is 7.71. The van der Waals surface area contributed by atoms with Gasteiger partial charge in [0, 0.05) is 34.8 Å². The fourth-order valence-corrected chi connectivity index (χ4v) is 5.55. The zero-order valence-electron chi connectivity index (χ0n) is 23.8. The number of rotatable bonds is 9. The molecule has 1 aromatic heterocycles. The lowest BCUT2D eigenvalue weighted by Crippen LogP contribution is -2.18. The lowest BCUT2D eigenvalue weighted by atomic mass is 9.86. The normalized spacial score (nSPS) is 14.0. The van der Waals surface area contributed by atoms with E-state index in [4.69, 9.17) is 21.4 Å². The Balaban J connectivity index is 1.40. The Morgan fingerprint density at radius 3 is 2.40 bits per heavy atom. The Morgan fingerprint density at radius 2 is 1.74 bits per heavy atom. The van der Waals surface area contributed by atoms with Crippen molar-refractivity contribution in [3.8, 4) is 22.6 Å². The number of carboxylic acid groups (broad SMARTS) is 1. The number of hydrogen-bond donors (Lipinski definition) is 2. The van der Waals surface area contributed by atoms with Crippen molar-refractivity contribution in [3.63, 3.8) is 0 Å². The Hall–Kier alpha value is -4.36. The number of amides is 1. The van der Waals surface area contributed by atoms with Crippen LogP contribution in [-0.4, -0.2) is 33.8 Å². The molecule has 5 rings (SSSR count). The van der Waals surface area contributed by atoms with Gasteiger partial charge >= 0.3 is 5.97 Å². The molecule has 1 saturated carbocycles. The molecule has 0 bridgehead atoms. The summed E-state index contributed by atoms with van der Waals surface area (Å²) in [5.74, 6) is -0.0536. The fraction of sp³-hybridized carbons (Fsp3) is 0.265. The molecule has 0 spiro atoms. The van der Waals surface area contributed by atoms with Crippen LogP contribution >= 0.6 is 11.6 Å². The molecule has 2 N–H and O–H groups in total. The molecule has 1 amide bonds. The van der Waals surface area contributed by atoms with E-state index >= 15 is 0 Å². The molecule has 1 aliphatic carbocycles. The number of ether oxygens (including phenoxy) is 1. The summed E-state index contributed by atoms with van der Waals surface area (Å²) < 4.78 is 8.14. The molecule has 0 saturated heterocycles. The number of nitrogens with one attached hydrogen (secondary N) is 1. The predicted octanol–water partition coefficient (Wildman–Crippen LogP) is 7.67. The smallest absolute Gasteiger partial charge is 0.331 e. The summed E-state index contributed by atoms with van der Waals surface area (Å²) in [7, 11) is 1.61. The first-order valence-electron chi connectivity index (χ1n) is 14.2. The van der Waals surface area contributed by atoms with Gasteiger partial charge in [-0.3, -0.25) is 4.79 Å². The van der Waals surface area contributed by atoms with Crippen LogP contribution in [-0.2, 0) is 11.4 Å². The first-order chi connectivity index (χ1) is 20.3. The second kappa shape index (κ2) is 13.1. The standard InChI is InChI=1S/C34H34ClN3O4/c1-22(34(40)41)18-28-20-32(24-6-4-3-5-7-24)38(37-28)29-13-15-30(16-14-29)42-21-26-19-25(33(39)36-2)10-17-31(26)23-8-11-27(35)12-9-23/h8-20,24H,3-7,21H2,1-2H3,(H,36,39)(H,40,41)/b22-18+. The first kappa shape index (κ1) is 29.1. The average molecular weight is 584 g/mol. The van der Waals surface area contributed by atoms with Crippen molar-refractivity contribution >= 4 is 29.6 Å². The van der Waals surface area contributed by atoms with Crippen LogP contribution in [0.4, 0.5) is 0 Å². The summed E-state index contributed by atoms with van der Waals surface area (Å²) in [6, 6.07) is 22.9. The van der Waals surface area contributed by atoms with E-state index < -0.39 is 5.97 Å². The van der Waals surface area contributed by atoms with Crippen LogP contribution in [0.3, 0.4) is 0 Å². The average Bonchev–Trinajstić information content (AvgIpc) is 3.44. The summed E-state index contributed by atoms with van der Waals surface area (Å²) in [6.07, 6.45) is 7.42. The summed E-state index contributed by atoms with van der Waals surface area (Å²) in [5.41, 5.74) is 6.25. The highest BCUT2D eigenvalue weighted by molar-refractivity contribution is 6.30. The Bertz CT molecular complexity index is 1600. The number of aromatic nitrogens is 2. The van der Waals surface area contributed by atoms with Gasteiger partial charge in [-0.1, -0.05) is 49.1 Å². The molecular weight excluding hydrogens is 550 g/mol. The summed E-state index contributed by atoms with van der Waals surface area (Å²) in [6.45, 7) is 1.84. The van der Waals surface area contributed by atoms with Crippen molar-refractivity contribution in [3.05, 3.63) is 106 Å². The van der Waals surface area contributed by atoms with E-state index in [2.05, 4.69) is 5.32 Å². The molecule has 4 aromatic rings. The zero-order valence-corrected chi connectivity index (χ0v) is 24.5. The minimum absolute atomic E-state index is 0.163. The van der Waals surface area contributed by atoms with Crippen molar-refractivity contribution < 1.29 is 19.4 Å². The second-order valence-electron chi connectivity index (χ2n) is 10.6. The topological polar surface area (TPSA) is 93.5 Å². The summed E-state index contributed by atoms with van der Waals surface area (Å²) >= 11 is 6.10. The molecular formula is C34H34ClN3O4. The molecule has 0 atom stereocenters. The molecule has 216 valence electrons. The highest BCUT2D eigenvalue weighted by Gasteiger charge is 2.22. The predicted molar refractivity (Wildman–Crippen MR) is 165 cm³/mol. The Labute approximate surface area is 250 Å². The van der Waals surface area contributed by atoms with Gasteiger partial charge in [0.1, 0.15) is 12.4 Å². The van der Waals surface area contributed by atoms with Crippen LogP contribution in [0.5, 0.6) is 5.75 Å². The zero-order chi connectivity index (χ0) is 29.6. The van der Waals surface area contributed by atoms with Gasteiger partial charge in [-0.25, -0.2) is 9.48 Å². The number of benzene rings is 3. The molecule has 1 heterocycles. The van der Waals surface area contributed by atoms with Gasteiger partial charge in [0.25, 0.3) is 5.91 Å². The third-order valence-corrected chi connectivity index (χ3v) is 7.96. The van der Waals surface area contributed by atoms with E-state index in [1.165, 1.54) is 19.3 Å². The van der Waals surface area contributed by atoms with Crippen molar-refractivity contribution in [2.45, 2.75) is 51.6 Å². The quantitative estimate of drug-likeness (QED) is 0.197. The maximum absolute atomic E-state index is 12.3.